The quantitative estimate of drug-likeness (QED) is 0.0309. The second kappa shape index (κ2) is 23.8. The number of fused-ring (bicyclic) bond motifs is 8. The summed E-state index contributed by atoms with van der Waals surface area (Å²) in [5, 5.41) is 91.3. The summed E-state index contributed by atoms with van der Waals surface area (Å²) in [6, 6.07) is 7.38. The zero-order valence-electron chi connectivity index (χ0n) is 50.7. The van der Waals surface area contributed by atoms with Crippen LogP contribution in [0.2, 0.25) is 0 Å². The molecule has 468 valence electrons. The summed E-state index contributed by atoms with van der Waals surface area (Å²) in [5.74, 6) is 3.76. The van der Waals surface area contributed by atoms with Gasteiger partial charge in [0.05, 0.1) is 47.7 Å². The van der Waals surface area contributed by atoms with E-state index in [0.717, 1.165) is 43.2 Å². The Balaban J connectivity index is 1.04. The molecular weight excluding hydrogens is 1130 g/mol. The fraction of sp³-hybridized carbons (Fsp3) is 0.706. The highest BCUT2D eigenvalue weighted by atomic mass is 33.1. The van der Waals surface area contributed by atoms with Crippen LogP contribution in [0.5, 0.6) is 5.75 Å². The molecule has 8 aliphatic carbocycles. The maximum absolute atomic E-state index is 16.3. The number of aromatic amines is 1. The minimum absolute atomic E-state index is 0.00913. The summed E-state index contributed by atoms with van der Waals surface area (Å²) in [6.07, 6.45) is 9.22. The average Bonchev–Trinajstić information content (AvgIpc) is 1.34. The second-order valence-corrected chi connectivity index (χ2v) is 31.5. The average molecular weight is 1220 g/mol. The van der Waals surface area contributed by atoms with Crippen LogP contribution in [0.4, 0.5) is 0 Å². The lowest BCUT2D eigenvalue weighted by Gasteiger charge is -2.63. The first kappa shape index (κ1) is 61.9. The van der Waals surface area contributed by atoms with E-state index >= 15 is 4.79 Å². The number of aliphatic hydroxyl groups excluding tert-OH is 4. The summed E-state index contributed by atoms with van der Waals surface area (Å²) >= 11 is 0. The van der Waals surface area contributed by atoms with E-state index in [-0.39, 0.29) is 128 Å². The summed E-state index contributed by atoms with van der Waals surface area (Å²) in [7, 11) is 2.99. The minimum atomic E-state index is -1.97. The third-order valence-corrected chi connectivity index (χ3v) is 27.0. The number of esters is 1. The first-order valence-corrected chi connectivity index (χ1v) is 34.8. The van der Waals surface area contributed by atoms with E-state index < -0.39 is 94.3 Å². The molecule has 18 heteroatoms. The smallest absolute Gasteiger partial charge is 0.314 e. The number of H-pyrrole nitrogens is 1. The normalized spacial score (nSPS) is 45.8. The first-order chi connectivity index (χ1) is 41.1. The number of aliphatic imine (C=N–C) groups is 1. The van der Waals surface area contributed by atoms with Gasteiger partial charge in [-0.15, -0.1) is 5.92 Å². The number of phenolic OH excluding ortho intramolecular Hbond substituents is 1. The highest BCUT2D eigenvalue weighted by molar-refractivity contribution is 8.76. The molecule has 5 saturated carbocycles. The number of aromatic hydroxyl groups is 1. The lowest BCUT2D eigenvalue weighted by Crippen LogP contribution is -2.67. The van der Waals surface area contributed by atoms with Crippen LogP contribution in [0.1, 0.15) is 147 Å². The molecule has 2 saturated heterocycles. The highest BCUT2D eigenvalue weighted by Crippen LogP contribution is 2.73. The van der Waals surface area contributed by atoms with Gasteiger partial charge in [0.1, 0.15) is 17.9 Å². The van der Waals surface area contributed by atoms with Crippen LogP contribution < -0.4 is 16.8 Å². The number of hydrogen-bond donors (Lipinski definition) is 11. The number of benzene rings is 1. The molecular formula is C68H93N5O11S2. The first-order valence-electron chi connectivity index (χ1n) is 32.3. The van der Waals surface area contributed by atoms with E-state index in [9.17, 15) is 45.3 Å². The molecule has 0 spiro atoms. The minimum Gasteiger partial charge on any atom is -0.508 e. The highest BCUT2D eigenvalue weighted by Gasteiger charge is 2.75. The Hall–Kier alpha value is -4.32. The molecule has 7 fully saturated rings. The molecule has 1 aromatic carbocycles. The number of guanidine groups is 1. The van der Waals surface area contributed by atoms with Crippen molar-refractivity contribution in [2.24, 2.45) is 110 Å². The lowest BCUT2D eigenvalue weighted by atomic mass is 9.43. The van der Waals surface area contributed by atoms with Gasteiger partial charge in [-0.1, -0.05) is 79.0 Å². The Morgan fingerprint density at radius 1 is 0.919 bits per heavy atom. The number of phenols is 1. The molecule has 0 unspecified atom stereocenters. The van der Waals surface area contributed by atoms with Crippen LogP contribution in [0.25, 0.3) is 0 Å². The molecule has 10 aliphatic rings. The molecule has 25 atom stereocenters. The Kier molecular flexibility index (Phi) is 17.1. The zero-order chi connectivity index (χ0) is 60.9. The van der Waals surface area contributed by atoms with Crippen LogP contribution >= 0.6 is 21.6 Å². The predicted octanol–water partition coefficient (Wildman–Crippen LogP) is 7.27. The van der Waals surface area contributed by atoms with Gasteiger partial charge in [-0.05, 0) is 178 Å². The van der Waals surface area contributed by atoms with Crippen LogP contribution in [0, 0.1) is 106 Å². The van der Waals surface area contributed by atoms with E-state index in [0.29, 0.717) is 48.2 Å². The second-order valence-electron chi connectivity index (χ2n) is 29.0. The number of Topliss-reactive ketones (excluding diaryl/α,β-unsaturated/α-hetero) is 2. The topological polar surface area (TPSA) is 294 Å². The van der Waals surface area contributed by atoms with E-state index in [1.807, 2.05) is 25.4 Å². The third kappa shape index (κ3) is 10.2. The number of ether oxygens (including phenoxy) is 1. The molecule has 0 radical (unpaired) electrons. The number of aromatic nitrogens is 1. The molecule has 16 nitrogen and oxygen atoms in total. The predicted molar refractivity (Wildman–Crippen MR) is 331 cm³/mol. The number of hydrogen-bond acceptors (Lipinski definition) is 15. The zero-order valence-corrected chi connectivity index (χ0v) is 52.3. The Bertz CT molecular complexity index is 3050. The van der Waals surface area contributed by atoms with Crippen molar-refractivity contribution < 1.29 is 54.9 Å². The Labute approximate surface area is 514 Å². The number of nitrogens with zero attached hydrogens (tertiary/aromatic N) is 1. The van der Waals surface area contributed by atoms with Gasteiger partial charge in [0.25, 0.3) is 0 Å². The fourth-order valence-electron chi connectivity index (χ4n) is 21.0. The number of cyclic esters (lactones) is 1. The van der Waals surface area contributed by atoms with Gasteiger partial charge in [0, 0.05) is 84.2 Å². The van der Waals surface area contributed by atoms with Crippen LogP contribution in [-0.4, -0.2) is 131 Å². The number of carbonyl (C=O) groups excluding carboxylic acids is 3. The van der Waals surface area contributed by atoms with Crippen molar-refractivity contribution in [1.82, 2.24) is 10.3 Å². The van der Waals surface area contributed by atoms with Gasteiger partial charge in [0.2, 0.25) is 0 Å². The van der Waals surface area contributed by atoms with Gasteiger partial charge >= 0.3 is 5.97 Å². The van der Waals surface area contributed by atoms with Crippen LogP contribution in [-0.2, 0) is 19.1 Å². The standard InChI is InChI=1S/C68H93N5O11S2/c1-6-51-56(54(63(81)84-51)40-19-22-71-30-40)43-9-7-8-39-28-68(83)58-47(65(4)29-50(77)60(79)46-33-86-85-32-41(36-12-15-42(75)16-13-36)27-49(76)48(31-74)73-59(58)61(80)57(46)65)18-20-67(68,21-23-72-64(69)70)62(39)66(5,82)52(78)25-35(3)53-38-14-17-44(43)55(53)45-24-34(2)10-11-37(45)26-38/h12-13,15-16,19,22,26,30,34-35,38-39,41,43-48,50-57,60,62,71,73-75,77-79,82-83H,6,8,10-11,14,17-18,20-21,23-25,27-29,31-33H2,1-5H3,(H4,69,70,72)/t34-,35-,38+,39-,41-,43+,44+,45+,46-,47+,48-,50+,51-,52-,53-,54+,55-,56-,57+,60-,62-,65-,66+,67+,68-/m1/s1. The lowest BCUT2D eigenvalue weighted by molar-refractivity contribution is -0.194. The summed E-state index contributed by atoms with van der Waals surface area (Å²) in [6.45, 7) is 9.78. The number of carbonyl (C=O) groups is 3. The van der Waals surface area contributed by atoms with E-state index in [2.05, 4.69) is 54.0 Å². The molecule has 0 amide bonds. The largest absolute Gasteiger partial charge is 0.508 e. The van der Waals surface area contributed by atoms with Crippen LogP contribution in [0.15, 0.2) is 70.6 Å². The molecule has 2 aromatic rings. The molecule has 1 aromatic heterocycles. The van der Waals surface area contributed by atoms with E-state index in [1.165, 1.54) is 21.6 Å². The molecule has 2 aliphatic heterocycles. The van der Waals surface area contributed by atoms with Gasteiger partial charge in [0.15, 0.2) is 17.5 Å². The maximum atomic E-state index is 16.3. The SMILES string of the molecule is CC[C@H]1OC(=O)[C@@H](c2cc[nH]c2)[C@@H]1[C@H]1C#CC[C@@H]2C[C@@]3(O)C4=C5N[C@H](CO)C(=O)C[C@@H](c6ccc(O)cc6)CSSC[C@H]6[C@@H](O)[C@@H](O)C[C@@](C)([C@@H]6C5=O)[C@H]4CC[C@]3(CCN=C(N)N)[C@H]2[C@@](C)(O)[C@H](O)C[C@@H](C)[C@H]2[C@@H]3[C@H]1CC[C@H]2C=C1CC[C@@H](C)C[C@@H]13. The van der Waals surface area contributed by atoms with Gasteiger partial charge < -0.3 is 62.3 Å². The van der Waals surface area contributed by atoms with Crippen molar-refractivity contribution in [1.29, 1.82) is 0 Å². The van der Waals surface area contributed by atoms with Crippen molar-refractivity contribution in [3.63, 3.8) is 0 Å². The molecule has 86 heavy (non-hydrogen) atoms. The summed E-state index contributed by atoms with van der Waals surface area (Å²) in [5.41, 5.74) is 9.59. The van der Waals surface area contributed by atoms with Crippen molar-refractivity contribution in [3.05, 3.63) is 76.8 Å². The molecule has 6 bridgehead atoms. The molecule has 12 rings (SSSR count). The number of rotatable bonds is 8. The summed E-state index contributed by atoms with van der Waals surface area (Å²) < 4.78 is 6.42. The van der Waals surface area contributed by atoms with E-state index in [1.54, 1.807) is 36.8 Å². The monoisotopic (exact) mass is 1220 g/mol. The number of nitrogens with two attached hydrogens (primary N) is 2. The van der Waals surface area contributed by atoms with Gasteiger partial charge in [-0.3, -0.25) is 19.4 Å². The van der Waals surface area contributed by atoms with Crippen molar-refractivity contribution in [2.75, 3.05) is 24.7 Å². The third-order valence-electron chi connectivity index (χ3n) is 24.5. The van der Waals surface area contributed by atoms with Crippen molar-refractivity contribution >= 4 is 45.1 Å². The van der Waals surface area contributed by atoms with Crippen molar-refractivity contribution in [3.8, 4) is 17.6 Å². The van der Waals surface area contributed by atoms with Gasteiger partial charge in [-0.25, -0.2) is 0 Å². The van der Waals surface area contributed by atoms with Crippen LogP contribution in [0.3, 0.4) is 0 Å². The number of aliphatic hydroxyl groups is 6. The number of allylic oxidation sites excluding steroid dienone is 3. The summed E-state index contributed by atoms with van der Waals surface area (Å²) in [4.78, 5) is 53.4. The number of nitrogens with one attached hydrogen (secondary N) is 2. The van der Waals surface area contributed by atoms with Gasteiger partial charge in [-0.2, -0.15) is 0 Å². The maximum Gasteiger partial charge on any atom is 0.314 e. The Morgan fingerprint density at radius 3 is 2.41 bits per heavy atom. The van der Waals surface area contributed by atoms with E-state index in [4.69, 9.17) is 16.2 Å². The molecule has 13 N–H and O–H groups in total. The van der Waals surface area contributed by atoms with Crippen molar-refractivity contribution in [2.45, 2.75) is 178 Å². The number of ketones is 2. The Morgan fingerprint density at radius 2 is 1.69 bits per heavy atom. The molecule has 3 heterocycles. The fourth-order valence-corrected chi connectivity index (χ4v) is 23.7.